The summed E-state index contributed by atoms with van der Waals surface area (Å²) in [6.45, 7) is 2.20. The normalized spacial score (nSPS) is 15.8. The number of hydrogen-bond donors (Lipinski definition) is 1. The Morgan fingerprint density at radius 2 is 1.87 bits per heavy atom. The number of carbonyl (C=O) groups excluding carboxylic acids is 1. The molecular weight excluding hydrogens is 442 g/mol. The molecule has 2 heterocycles. The Hall–Kier alpha value is -2.93. The molecule has 0 aliphatic carbocycles. The number of hydrogen-bond acceptors (Lipinski definition) is 8. The van der Waals surface area contributed by atoms with Gasteiger partial charge in [0.2, 0.25) is 10.0 Å². The molecule has 0 saturated carbocycles. The molecule has 0 bridgehead atoms. The fraction of sp³-hybridized carbons (Fsp3) is 0.263. The molecule has 3 aromatic rings. The SMILES string of the molecule is CN1CCN(S(=O)(=O)c2ccc3nc(NC(=O)c4ccccc4[N+](=O)[O-])sc3c2)CC1. The third kappa shape index (κ3) is 4.28. The minimum Gasteiger partial charge on any atom is -0.304 e. The highest BCUT2D eigenvalue weighted by Gasteiger charge is 2.28. The van der Waals surface area contributed by atoms with Crippen LogP contribution in [0.25, 0.3) is 10.2 Å². The van der Waals surface area contributed by atoms with Crippen LogP contribution in [0.4, 0.5) is 10.8 Å². The molecule has 0 atom stereocenters. The van der Waals surface area contributed by atoms with Crippen LogP contribution in [0.15, 0.2) is 47.4 Å². The third-order valence-electron chi connectivity index (χ3n) is 5.03. The largest absolute Gasteiger partial charge is 0.304 e. The highest BCUT2D eigenvalue weighted by Crippen LogP contribution is 2.30. The molecular formula is C19H19N5O5S2. The summed E-state index contributed by atoms with van der Waals surface area (Å²) in [6, 6.07) is 10.3. The van der Waals surface area contributed by atoms with Crippen LogP contribution in [-0.2, 0) is 10.0 Å². The van der Waals surface area contributed by atoms with Gasteiger partial charge in [-0.2, -0.15) is 4.31 Å². The summed E-state index contributed by atoms with van der Waals surface area (Å²) in [4.78, 5) is 29.6. The predicted octanol–water partition coefficient (Wildman–Crippen LogP) is 2.39. The molecule has 1 aliphatic rings. The topological polar surface area (TPSA) is 126 Å². The lowest BCUT2D eigenvalue weighted by Gasteiger charge is -2.31. The van der Waals surface area contributed by atoms with Crippen LogP contribution in [0.5, 0.6) is 0 Å². The highest BCUT2D eigenvalue weighted by atomic mass is 32.2. The first-order valence-electron chi connectivity index (χ1n) is 9.40. The van der Waals surface area contributed by atoms with Gasteiger partial charge in [0.25, 0.3) is 11.6 Å². The molecule has 1 N–H and O–H groups in total. The zero-order valence-electron chi connectivity index (χ0n) is 16.5. The molecule has 2 aromatic carbocycles. The standard InChI is InChI=1S/C19H19N5O5S2/c1-22-8-10-23(11-9-22)31(28,29)13-6-7-15-17(12-13)30-19(20-15)21-18(25)14-4-2-3-5-16(14)24(26)27/h2-7,12H,8-11H2,1H3,(H,20,21,25). The van der Waals surface area contributed by atoms with E-state index in [1.54, 1.807) is 12.1 Å². The van der Waals surface area contributed by atoms with Gasteiger partial charge in [-0.05, 0) is 31.3 Å². The van der Waals surface area contributed by atoms with Gasteiger partial charge < -0.3 is 4.90 Å². The number of fused-ring (bicyclic) bond motifs is 1. The van der Waals surface area contributed by atoms with Crippen LogP contribution in [-0.4, -0.2) is 66.7 Å². The zero-order chi connectivity index (χ0) is 22.2. The predicted molar refractivity (Wildman–Crippen MR) is 117 cm³/mol. The number of rotatable bonds is 5. The van der Waals surface area contributed by atoms with Crippen molar-refractivity contribution in [2.45, 2.75) is 4.90 Å². The van der Waals surface area contributed by atoms with Gasteiger partial charge in [-0.3, -0.25) is 20.2 Å². The smallest absolute Gasteiger partial charge is 0.282 e. The molecule has 1 amide bonds. The quantitative estimate of drug-likeness (QED) is 0.457. The van der Waals surface area contributed by atoms with Crippen LogP contribution >= 0.6 is 11.3 Å². The van der Waals surface area contributed by atoms with Crippen LogP contribution in [0.1, 0.15) is 10.4 Å². The first-order chi connectivity index (χ1) is 14.8. The summed E-state index contributed by atoms with van der Waals surface area (Å²) < 4.78 is 28.0. The van der Waals surface area contributed by atoms with Crippen molar-refractivity contribution < 1.29 is 18.1 Å². The first kappa shape index (κ1) is 21.3. The van der Waals surface area contributed by atoms with Gasteiger partial charge in [-0.25, -0.2) is 13.4 Å². The lowest BCUT2D eigenvalue weighted by atomic mass is 10.1. The summed E-state index contributed by atoms with van der Waals surface area (Å²) in [6.07, 6.45) is 0. The van der Waals surface area contributed by atoms with Crippen LogP contribution in [0.2, 0.25) is 0 Å². The van der Waals surface area contributed by atoms with Crippen molar-refractivity contribution >= 4 is 48.3 Å². The lowest BCUT2D eigenvalue weighted by Crippen LogP contribution is -2.46. The van der Waals surface area contributed by atoms with E-state index in [-0.39, 0.29) is 21.3 Å². The maximum atomic E-state index is 13.0. The van der Waals surface area contributed by atoms with Gasteiger partial charge in [0.05, 0.1) is 20.0 Å². The number of nitrogens with one attached hydrogen (secondary N) is 1. The first-order valence-corrected chi connectivity index (χ1v) is 11.7. The Kier molecular flexibility index (Phi) is 5.71. The maximum absolute atomic E-state index is 13.0. The van der Waals surface area contributed by atoms with Crippen molar-refractivity contribution in [2.24, 2.45) is 0 Å². The monoisotopic (exact) mass is 461 g/mol. The van der Waals surface area contributed by atoms with Crippen molar-refractivity contribution in [1.82, 2.24) is 14.2 Å². The minimum atomic E-state index is -3.63. The number of benzene rings is 2. The molecule has 0 spiro atoms. The number of carbonyl (C=O) groups is 1. The number of nitro benzene ring substituents is 1. The number of amides is 1. The molecule has 4 rings (SSSR count). The second kappa shape index (κ2) is 8.30. The fourth-order valence-electron chi connectivity index (χ4n) is 3.29. The Morgan fingerprint density at radius 3 is 2.58 bits per heavy atom. The van der Waals surface area contributed by atoms with E-state index in [4.69, 9.17) is 0 Å². The number of para-hydroxylation sites is 1. The molecule has 12 heteroatoms. The summed E-state index contributed by atoms with van der Waals surface area (Å²) in [5.41, 5.74) is 0.145. The average molecular weight is 462 g/mol. The van der Waals surface area contributed by atoms with E-state index in [1.807, 2.05) is 7.05 Å². The van der Waals surface area contributed by atoms with Crippen LogP contribution < -0.4 is 5.32 Å². The summed E-state index contributed by atoms with van der Waals surface area (Å²) in [7, 11) is -1.67. The summed E-state index contributed by atoms with van der Waals surface area (Å²) in [5, 5.41) is 13.9. The van der Waals surface area contributed by atoms with Gasteiger partial charge in [-0.15, -0.1) is 0 Å². The van der Waals surface area contributed by atoms with E-state index in [0.29, 0.717) is 36.4 Å². The van der Waals surface area contributed by atoms with E-state index in [0.717, 1.165) is 11.3 Å². The van der Waals surface area contributed by atoms with E-state index >= 15 is 0 Å². The van der Waals surface area contributed by atoms with Gasteiger partial charge in [-0.1, -0.05) is 23.5 Å². The molecule has 1 aliphatic heterocycles. The third-order valence-corrected chi connectivity index (χ3v) is 7.85. The number of piperazine rings is 1. The van der Waals surface area contributed by atoms with Crippen molar-refractivity contribution in [3.8, 4) is 0 Å². The Balaban J connectivity index is 1.58. The van der Waals surface area contributed by atoms with Gasteiger partial charge >= 0.3 is 0 Å². The second-order valence-corrected chi connectivity index (χ2v) is 10.1. The van der Waals surface area contributed by atoms with Gasteiger partial charge in [0, 0.05) is 32.2 Å². The molecule has 162 valence electrons. The number of aromatic nitrogens is 1. The van der Waals surface area contributed by atoms with E-state index in [1.165, 1.54) is 34.6 Å². The highest BCUT2D eigenvalue weighted by molar-refractivity contribution is 7.89. The number of thiazole rings is 1. The van der Waals surface area contributed by atoms with Crippen molar-refractivity contribution in [1.29, 1.82) is 0 Å². The average Bonchev–Trinajstić information content (AvgIpc) is 3.15. The van der Waals surface area contributed by atoms with E-state index in [9.17, 15) is 23.3 Å². The van der Waals surface area contributed by atoms with E-state index in [2.05, 4.69) is 15.2 Å². The molecule has 31 heavy (non-hydrogen) atoms. The molecule has 1 aromatic heterocycles. The molecule has 1 saturated heterocycles. The van der Waals surface area contributed by atoms with Crippen molar-refractivity contribution in [3.05, 3.63) is 58.1 Å². The second-order valence-electron chi connectivity index (χ2n) is 7.08. The minimum absolute atomic E-state index is 0.0786. The number of likely N-dealkylation sites (N-methyl/N-ethyl adjacent to an activating group) is 1. The molecule has 0 radical (unpaired) electrons. The fourth-order valence-corrected chi connectivity index (χ4v) is 5.71. The molecule has 0 unspecified atom stereocenters. The van der Waals surface area contributed by atoms with Crippen LogP contribution in [0.3, 0.4) is 0 Å². The van der Waals surface area contributed by atoms with Gasteiger partial charge in [0.1, 0.15) is 5.56 Å². The zero-order valence-corrected chi connectivity index (χ0v) is 18.1. The Bertz CT molecular complexity index is 1270. The Labute approximate surface area is 182 Å². The maximum Gasteiger partial charge on any atom is 0.282 e. The van der Waals surface area contributed by atoms with Crippen molar-refractivity contribution in [2.75, 3.05) is 38.5 Å². The lowest BCUT2D eigenvalue weighted by molar-refractivity contribution is -0.385. The Morgan fingerprint density at radius 1 is 1.16 bits per heavy atom. The molecule has 1 fully saturated rings. The van der Waals surface area contributed by atoms with Crippen molar-refractivity contribution in [3.63, 3.8) is 0 Å². The number of nitro groups is 1. The number of anilines is 1. The summed E-state index contributed by atoms with van der Waals surface area (Å²) >= 11 is 1.11. The van der Waals surface area contributed by atoms with E-state index < -0.39 is 20.9 Å². The van der Waals surface area contributed by atoms with Gasteiger partial charge in [0.15, 0.2) is 5.13 Å². The van der Waals surface area contributed by atoms with Crippen LogP contribution in [0, 0.1) is 10.1 Å². The molecule has 10 nitrogen and oxygen atoms in total. The number of nitrogens with zero attached hydrogens (tertiary/aromatic N) is 4. The number of sulfonamides is 1. The summed E-state index contributed by atoms with van der Waals surface area (Å²) in [5.74, 6) is -0.656.